The van der Waals surface area contributed by atoms with E-state index < -0.39 is 33.0 Å². The van der Waals surface area contributed by atoms with Gasteiger partial charge in [0, 0.05) is 28.8 Å². The third kappa shape index (κ3) is 5.48. The van der Waals surface area contributed by atoms with Gasteiger partial charge < -0.3 is 4.74 Å². The van der Waals surface area contributed by atoms with Crippen molar-refractivity contribution in [3.8, 4) is 17.6 Å². The van der Waals surface area contributed by atoms with Gasteiger partial charge in [-0.3, -0.25) is 20.2 Å². The van der Waals surface area contributed by atoms with E-state index in [4.69, 9.17) is 16.3 Å². The Morgan fingerprint density at radius 2 is 1.62 bits per heavy atom. The predicted octanol–water partition coefficient (Wildman–Crippen LogP) is 7.03. The topological polar surface area (TPSA) is 119 Å². The minimum absolute atomic E-state index is 0.0260. The molecule has 0 radical (unpaired) electrons. The maximum absolute atomic E-state index is 13.0. The Labute approximate surface area is 194 Å². The lowest BCUT2D eigenvalue weighted by molar-refractivity contribution is -0.385. The maximum Gasteiger partial charge on any atom is 0.416 e. The molecule has 0 bridgehead atoms. The van der Waals surface area contributed by atoms with E-state index in [2.05, 4.69) is 0 Å². The first kappa shape index (κ1) is 24.2. The lowest BCUT2D eigenvalue weighted by Crippen LogP contribution is -2.06. The number of halogens is 4. The van der Waals surface area contributed by atoms with Crippen molar-refractivity contribution >= 4 is 34.6 Å². The first-order valence-electron chi connectivity index (χ1n) is 9.19. The quantitative estimate of drug-likeness (QED) is 0.159. The van der Waals surface area contributed by atoms with Crippen LogP contribution in [0, 0.1) is 31.6 Å². The van der Waals surface area contributed by atoms with Crippen LogP contribution in [0.1, 0.15) is 16.7 Å². The molecule has 0 saturated carbocycles. The molecule has 0 aromatic heterocycles. The first-order valence-corrected chi connectivity index (χ1v) is 9.57. The second kappa shape index (κ2) is 9.60. The summed E-state index contributed by atoms with van der Waals surface area (Å²) in [6.45, 7) is 0. The maximum atomic E-state index is 13.0. The van der Waals surface area contributed by atoms with Crippen LogP contribution in [-0.2, 0) is 6.18 Å². The van der Waals surface area contributed by atoms with E-state index in [0.29, 0.717) is 17.7 Å². The molecular formula is C22H11ClF3N3O5. The number of nitro benzene ring substituents is 2. The highest BCUT2D eigenvalue weighted by Crippen LogP contribution is 2.39. The summed E-state index contributed by atoms with van der Waals surface area (Å²) in [4.78, 5) is 20.6. The van der Waals surface area contributed by atoms with Crippen molar-refractivity contribution in [1.29, 1.82) is 5.26 Å². The van der Waals surface area contributed by atoms with Gasteiger partial charge in [-0.25, -0.2) is 0 Å². The molecule has 34 heavy (non-hydrogen) atoms. The average molecular weight is 490 g/mol. The van der Waals surface area contributed by atoms with E-state index in [-0.39, 0.29) is 27.6 Å². The van der Waals surface area contributed by atoms with Crippen molar-refractivity contribution in [2.24, 2.45) is 0 Å². The van der Waals surface area contributed by atoms with Gasteiger partial charge in [-0.1, -0.05) is 11.6 Å². The smallest absolute Gasteiger partial charge is 0.416 e. The molecule has 172 valence electrons. The van der Waals surface area contributed by atoms with E-state index in [0.717, 1.165) is 6.07 Å². The SMILES string of the molecule is N#C/C(=C\c1cc(Cl)ccc1Oc1ccc(C(F)(F)F)cc1[N+](=O)[O-])c1ccc([N+](=O)[O-])cc1. The molecule has 0 atom stereocenters. The highest BCUT2D eigenvalue weighted by molar-refractivity contribution is 6.30. The largest absolute Gasteiger partial charge is 0.449 e. The molecule has 3 rings (SSSR count). The minimum Gasteiger partial charge on any atom is -0.449 e. The van der Waals surface area contributed by atoms with Crippen LogP contribution < -0.4 is 4.74 Å². The third-order valence-corrected chi connectivity index (χ3v) is 4.72. The molecule has 0 spiro atoms. The van der Waals surface area contributed by atoms with Crippen LogP contribution in [0.5, 0.6) is 11.5 Å². The zero-order chi connectivity index (χ0) is 25.0. The van der Waals surface area contributed by atoms with Crippen molar-refractivity contribution in [2.75, 3.05) is 0 Å². The molecule has 0 heterocycles. The van der Waals surface area contributed by atoms with Gasteiger partial charge >= 0.3 is 11.9 Å². The number of nitrogens with zero attached hydrogens (tertiary/aromatic N) is 3. The van der Waals surface area contributed by atoms with Gasteiger partial charge in [0.05, 0.1) is 27.1 Å². The number of non-ortho nitro benzene ring substituents is 1. The van der Waals surface area contributed by atoms with Gasteiger partial charge in [0.1, 0.15) is 5.75 Å². The number of alkyl halides is 3. The average Bonchev–Trinajstić information content (AvgIpc) is 2.78. The highest BCUT2D eigenvalue weighted by atomic mass is 35.5. The molecule has 0 amide bonds. The summed E-state index contributed by atoms with van der Waals surface area (Å²) in [5.74, 6) is -0.481. The number of nitriles is 1. The minimum atomic E-state index is -4.79. The molecule has 3 aromatic carbocycles. The van der Waals surface area contributed by atoms with E-state index in [1.165, 1.54) is 48.5 Å². The Morgan fingerprint density at radius 3 is 2.18 bits per heavy atom. The number of rotatable bonds is 6. The summed E-state index contributed by atoms with van der Waals surface area (Å²) in [5.41, 5.74) is -1.72. The molecule has 0 saturated heterocycles. The van der Waals surface area contributed by atoms with Crippen LogP contribution in [0.25, 0.3) is 11.6 Å². The zero-order valence-corrected chi connectivity index (χ0v) is 17.5. The summed E-state index contributed by atoms with van der Waals surface area (Å²) < 4.78 is 44.4. The number of hydrogen-bond acceptors (Lipinski definition) is 6. The van der Waals surface area contributed by atoms with Crippen molar-refractivity contribution in [3.63, 3.8) is 0 Å². The summed E-state index contributed by atoms with van der Waals surface area (Å²) in [5, 5.41) is 32.0. The summed E-state index contributed by atoms with van der Waals surface area (Å²) in [7, 11) is 0. The van der Waals surface area contributed by atoms with E-state index >= 15 is 0 Å². The van der Waals surface area contributed by atoms with E-state index in [1.807, 2.05) is 6.07 Å². The molecular weight excluding hydrogens is 479 g/mol. The second-order valence-corrected chi connectivity index (χ2v) is 7.13. The van der Waals surface area contributed by atoms with Gasteiger partial charge in [0.15, 0.2) is 0 Å². The van der Waals surface area contributed by atoms with Crippen LogP contribution in [0.3, 0.4) is 0 Å². The Kier molecular flexibility index (Phi) is 6.84. The van der Waals surface area contributed by atoms with Gasteiger partial charge in [-0.15, -0.1) is 0 Å². The Morgan fingerprint density at radius 1 is 0.971 bits per heavy atom. The fourth-order valence-corrected chi connectivity index (χ4v) is 3.05. The van der Waals surface area contributed by atoms with Gasteiger partial charge in [-0.2, -0.15) is 18.4 Å². The molecule has 0 aliphatic rings. The number of hydrogen-bond donors (Lipinski definition) is 0. The Bertz CT molecular complexity index is 1350. The van der Waals surface area contributed by atoms with Crippen molar-refractivity contribution in [1.82, 2.24) is 0 Å². The molecule has 8 nitrogen and oxygen atoms in total. The van der Waals surface area contributed by atoms with Crippen molar-refractivity contribution < 1.29 is 27.8 Å². The van der Waals surface area contributed by atoms with E-state index in [1.54, 1.807) is 0 Å². The normalized spacial score (nSPS) is 11.6. The predicted molar refractivity (Wildman–Crippen MR) is 116 cm³/mol. The van der Waals surface area contributed by atoms with Crippen molar-refractivity contribution in [2.45, 2.75) is 6.18 Å². The highest BCUT2D eigenvalue weighted by Gasteiger charge is 2.33. The van der Waals surface area contributed by atoms with Crippen LogP contribution in [-0.4, -0.2) is 9.85 Å². The van der Waals surface area contributed by atoms with Crippen LogP contribution in [0.4, 0.5) is 24.5 Å². The molecule has 0 aliphatic heterocycles. The van der Waals surface area contributed by atoms with Gasteiger partial charge in [0.25, 0.3) is 5.69 Å². The monoisotopic (exact) mass is 489 g/mol. The van der Waals surface area contributed by atoms with Crippen LogP contribution >= 0.6 is 11.6 Å². The third-order valence-electron chi connectivity index (χ3n) is 4.48. The van der Waals surface area contributed by atoms with E-state index in [9.17, 15) is 38.7 Å². The molecule has 0 N–H and O–H groups in total. The first-order chi connectivity index (χ1) is 16.0. The van der Waals surface area contributed by atoms with Gasteiger partial charge in [0.2, 0.25) is 5.75 Å². The Balaban J connectivity index is 2.05. The summed E-state index contributed by atoms with van der Waals surface area (Å²) in [6.07, 6.45) is -3.46. The molecule has 3 aromatic rings. The lowest BCUT2D eigenvalue weighted by Gasteiger charge is -2.12. The zero-order valence-electron chi connectivity index (χ0n) is 16.7. The molecule has 12 heteroatoms. The second-order valence-electron chi connectivity index (χ2n) is 6.70. The van der Waals surface area contributed by atoms with Crippen LogP contribution in [0.15, 0.2) is 60.7 Å². The Hall–Kier alpha value is -4.43. The molecule has 0 unspecified atom stereocenters. The number of nitro groups is 2. The number of ether oxygens (including phenoxy) is 1. The lowest BCUT2D eigenvalue weighted by atomic mass is 10.0. The van der Waals surface area contributed by atoms with Crippen LogP contribution in [0.2, 0.25) is 5.02 Å². The standard InChI is InChI=1S/C22H11ClF3N3O5/c23-17-4-8-20(34-21-7-3-16(22(24,25)26)11-19(21)29(32)33)14(10-17)9-15(12-27)13-1-5-18(6-2-13)28(30)31/h1-11H/b15-9+. The van der Waals surface area contributed by atoms with Gasteiger partial charge in [-0.05, 0) is 54.1 Å². The number of benzene rings is 3. The number of allylic oxidation sites excluding steroid dienone is 1. The summed E-state index contributed by atoms with van der Waals surface area (Å²) in [6, 6.07) is 13.0. The fraction of sp³-hybridized carbons (Fsp3) is 0.0455. The molecule has 0 fully saturated rings. The fourth-order valence-electron chi connectivity index (χ4n) is 2.86. The van der Waals surface area contributed by atoms with Crippen molar-refractivity contribution in [3.05, 3.63) is 103 Å². The summed E-state index contributed by atoms with van der Waals surface area (Å²) >= 11 is 6.02. The molecule has 0 aliphatic carbocycles.